The summed E-state index contributed by atoms with van der Waals surface area (Å²) in [5, 5.41) is 8.48. The lowest BCUT2D eigenvalue weighted by Crippen LogP contribution is -2.30. The molecule has 15 heavy (non-hydrogen) atoms. The van der Waals surface area contributed by atoms with E-state index in [-0.39, 0.29) is 17.8 Å². The molecule has 2 rings (SSSR count). The van der Waals surface area contributed by atoms with Gasteiger partial charge < -0.3 is 0 Å². The SMILES string of the molecule is Cc1ccc2c(n1)C(=O)N(CC#N)C2=O. The average molecular weight is 201 g/mol. The first-order valence-corrected chi connectivity index (χ1v) is 4.36. The van der Waals surface area contributed by atoms with E-state index < -0.39 is 11.8 Å². The van der Waals surface area contributed by atoms with E-state index in [1.54, 1.807) is 25.1 Å². The number of aromatic nitrogens is 1. The molecule has 0 radical (unpaired) electrons. The van der Waals surface area contributed by atoms with Crippen LogP contribution in [0, 0.1) is 18.3 Å². The van der Waals surface area contributed by atoms with E-state index >= 15 is 0 Å². The van der Waals surface area contributed by atoms with Gasteiger partial charge >= 0.3 is 0 Å². The van der Waals surface area contributed by atoms with E-state index in [1.807, 2.05) is 0 Å². The maximum absolute atomic E-state index is 11.6. The minimum Gasteiger partial charge on any atom is -0.268 e. The molecule has 1 aromatic heterocycles. The van der Waals surface area contributed by atoms with Crippen LogP contribution in [0.5, 0.6) is 0 Å². The predicted octanol–water partition coefficient (Wildman–Crippen LogP) is 0.510. The number of amides is 2. The van der Waals surface area contributed by atoms with Crippen molar-refractivity contribution in [3.63, 3.8) is 0 Å². The third kappa shape index (κ3) is 1.27. The van der Waals surface area contributed by atoms with Gasteiger partial charge in [0.05, 0.1) is 11.6 Å². The van der Waals surface area contributed by atoms with Crippen LogP contribution in [0.2, 0.25) is 0 Å². The summed E-state index contributed by atoms with van der Waals surface area (Å²) < 4.78 is 0. The average Bonchev–Trinajstić information content (AvgIpc) is 2.44. The highest BCUT2D eigenvalue weighted by Gasteiger charge is 2.36. The molecule has 0 aromatic carbocycles. The Balaban J connectivity index is 2.52. The van der Waals surface area contributed by atoms with Gasteiger partial charge in [0.25, 0.3) is 11.8 Å². The third-order valence-corrected chi connectivity index (χ3v) is 2.19. The Hall–Kier alpha value is -2.22. The lowest BCUT2D eigenvalue weighted by atomic mass is 10.2. The topological polar surface area (TPSA) is 74.1 Å². The van der Waals surface area contributed by atoms with Gasteiger partial charge in [-0.1, -0.05) is 0 Å². The van der Waals surface area contributed by atoms with E-state index in [0.29, 0.717) is 5.69 Å². The molecule has 74 valence electrons. The second-order valence-corrected chi connectivity index (χ2v) is 3.20. The minimum absolute atomic E-state index is 0.148. The Labute approximate surface area is 85.9 Å². The number of rotatable bonds is 1. The van der Waals surface area contributed by atoms with Gasteiger partial charge in [0.2, 0.25) is 0 Å². The van der Waals surface area contributed by atoms with Gasteiger partial charge in [-0.05, 0) is 19.1 Å². The first kappa shape index (κ1) is 9.34. The second kappa shape index (κ2) is 3.17. The van der Waals surface area contributed by atoms with Gasteiger partial charge in [0, 0.05) is 5.69 Å². The van der Waals surface area contributed by atoms with Crippen molar-refractivity contribution in [1.29, 1.82) is 5.26 Å². The van der Waals surface area contributed by atoms with Crippen molar-refractivity contribution in [2.45, 2.75) is 6.92 Å². The van der Waals surface area contributed by atoms with Gasteiger partial charge in [-0.15, -0.1) is 0 Å². The molecule has 5 nitrogen and oxygen atoms in total. The molecule has 1 aliphatic rings. The van der Waals surface area contributed by atoms with Crippen molar-refractivity contribution in [3.05, 3.63) is 29.1 Å². The van der Waals surface area contributed by atoms with Crippen molar-refractivity contribution in [2.75, 3.05) is 6.54 Å². The molecule has 2 amide bonds. The number of hydrogen-bond acceptors (Lipinski definition) is 4. The summed E-state index contributed by atoms with van der Waals surface area (Å²) in [4.78, 5) is 28.2. The molecule has 0 bridgehead atoms. The molecule has 0 fully saturated rings. The maximum atomic E-state index is 11.6. The van der Waals surface area contributed by atoms with Gasteiger partial charge in [-0.3, -0.25) is 14.5 Å². The van der Waals surface area contributed by atoms with E-state index in [1.165, 1.54) is 0 Å². The first-order valence-electron chi connectivity index (χ1n) is 4.36. The number of hydrogen-bond donors (Lipinski definition) is 0. The number of nitrogens with zero attached hydrogens (tertiary/aromatic N) is 3. The Bertz CT molecular complexity index is 502. The summed E-state index contributed by atoms with van der Waals surface area (Å²) in [5.74, 6) is -0.927. The summed E-state index contributed by atoms with van der Waals surface area (Å²) in [6.45, 7) is 1.51. The largest absolute Gasteiger partial charge is 0.281 e. The van der Waals surface area contributed by atoms with Crippen LogP contribution in [0.1, 0.15) is 26.5 Å². The molecule has 0 aliphatic carbocycles. The van der Waals surface area contributed by atoms with Crippen molar-refractivity contribution < 1.29 is 9.59 Å². The van der Waals surface area contributed by atoms with E-state index in [0.717, 1.165) is 4.90 Å². The van der Waals surface area contributed by atoms with Crippen LogP contribution >= 0.6 is 0 Å². The molecular weight excluding hydrogens is 194 g/mol. The molecule has 0 atom stereocenters. The minimum atomic E-state index is -0.486. The fourth-order valence-corrected chi connectivity index (χ4v) is 1.47. The quantitative estimate of drug-likeness (QED) is 0.490. The molecule has 0 unspecified atom stereocenters. The Morgan fingerprint density at radius 2 is 2.13 bits per heavy atom. The van der Waals surface area contributed by atoms with Gasteiger partial charge in [-0.2, -0.15) is 5.26 Å². The highest BCUT2D eigenvalue weighted by Crippen LogP contribution is 2.20. The number of pyridine rings is 1. The fourth-order valence-electron chi connectivity index (χ4n) is 1.47. The number of nitriles is 1. The molecule has 0 saturated carbocycles. The second-order valence-electron chi connectivity index (χ2n) is 3.20. The lowest BCUT2D eigenvalue weighted by Gasteiger charge is -2.06. The zero-order chi connectivity index (χ0) is 11.0. The lowest BCUT2D eigenvalue weighted by molar-refractivity contribution is 0.0672. The van der Waals surface area contributed by atoms with Crippen molar-refractivity contribution in [2.24, 2.45) is 0 Å². The predicted molar refractivity (Wildman–Crippen MR) is 50.0 cm³/mol. The molecule has 1 aromatic rings. The summed E-state index contributed by atoms with van der Waals surface area (Å²) in [6, 6.07) is 5.01. The molecule has 0 saturated heterocycles. The Morgan fingerprint density at radius 1 is 1.40 bits per heavy atom. The van der Waals surface area contributed by atoms with Crippen LogP contribution in [0.3, 0.4) is 0 Å². The Kier molecular flexibility index (Phi) is 1.97. The van der Waals surface area contributed by atoms with E-state index in [9.17, 15) is 9.59 Å². The van der Waals surface area contributed by atoms with Crippen LogP contribution in [0.15, 0.2) is 12.1 Å². The molecule has 1 aliphatic heterocycles. The standard InChI is InChI=1S/C10H7N3O2/c1-6-2-3-7-8(12-6)10(15)13(5-4-11)9(7)14/h2-3H,5H2,1H3. The van der Waals surface area contributed by atoms with Crippen molar-refractivity contribution >= 4 is 11.8 Å². The summed E-state index contributed by atoms with van der Waals surface area (Å²) in [6.07, 6.45) is 0. The number of fused-ring (bicyclic) bond motifs is 1. The van der Waals surface area contributed by atoms with Crippen LogP contribution in [-0.4, -0.2) is 28.2 Å². The zero-order valence-electron chi connectivity index (χ0n) is 8.02. The van der Waals surface area contributed by atoms with Gasteiger partial charge in [0.15, 0.2) is 0 Å². The number of carbonyl (C=O) groups excluding carboxylic acids is 2. The van der Waals surface area contributed by atoms with E-state index in [4.69, 9.17) is 5.26 Å². The van der Waals surface area contributed by atoms with Crippen LogP contribution in [0.25, 0.3) is 0 Å². The maximum Gasteiger partial charge on any atom is 0.281 e. The first-order chi connectivity index (χ1) is 7.15. The Morgan fingerprint density at radius 3 is 2.80 bits per heavy atom. The monoisotopic (exact) mass is 201 g/mol. The normalized spacial score (nSPS) is 14.0. The van der Waals surface area contributed by atoms with Gasteiger partial charge in [-0.25, -0.2) is 4.98 Å². The van der Waals surface area contributed by atoms with Crippen LogP contribution in [-0.2, 0) is 0 Å². The fraction of sp³-hybridized carbons (Fsp3) is 0.200. The highest BCUT2D eigenvalue weighted by atomic mass is 16.2. The van der Waals surface area contributed by atoms with Gasteiger partial charge in [0.1, 0.15) is 12.2 Å². The molecule has 0 spiro atoms. The molecule has 0 N–H and O–H groups in total. The zero-order valence-corrected chi connectivity index (χ0v) is 8.02. The number of aryl methyl sites for hydroxylation is 1. The van der Waals surface area contributed by atoms with Crippen molar-refractivity contribution in [1.82, 2.24) is 9.88 Å². The number of carbonyl (C=O) groups is 2. The van der Waals surface area contributed by atoms with E-state index in [2.05, 4.69) is 4.98 Å². The summed E-state index contributed by atoms with van der Waals surface area (Å²) in [7, 11) is 0. The molecule has 5 heteroatoms. The molecule has 2 heterocycles. The summed E-state index contributed by atoms with van der Waals surface area (Å²) in [5.41, 5.74) is 1.10. The van der Waals surface area contributed by atoms with Crippen molar-refractivity contribution in [3.8, 4) is 6.07 Å². The summed E-state index contributed by atoms with van der Waals surface area (Å²) >= 11 is 0. The highest BCUT2D eigenvalue weighted by molar-refractivity contribution is 6.20. The van der Waals surface area contributed by atoms with Crippen LogP contribution < -0.4 is 0 Å². The smallest absolute Gasteiger partial charge is 0.268 e. The van der Waals surface area contributed by atoms with Crippen LogP contribution in [0.4, 0.5) is 0 Å². The molecular formula is C10H7N3O2. The third-order valence-electron chi connectivity index (χ3n) is 2.19. The number of imide groups is 1.